The zero-order chi connectivity index (χ0) is 8.55. The minimum atomic E-state index is 0.537. The van der Waals surface area contributed by atoms with Crippen LogP contribution in [-0.2, 0) is 6.54 Å². The number of nitrogens with one attached hydrogen (secondary N) is 1. The number of hydrogen-bond donors (Lipinski definition) is 2. The first-order valence-corrected chi connectivity index (χ1v) is 4.44. The van der Waals surface area contributed by atoms with Crippen LogP contribution in [0.25, 0.3) is 10.9 Å². The van der Waals surface area contributed by atoms with Gasteiger partial charge >= 0.3 is 0 Å². The fourth-order valence-corrected chi connectivity index (χ4v) is 1.81. The number of benzene rings is 1. The normalized spacial score (nSPS) is 10.8. The Bertz CT molecular complexity index is 408. The predicted molar refractivity (Wildman–Crippen MR) is 51.7 cm³/mol. The second-order valence-corrected chi connectivity index (χ2v) is 3.35. The van der Waals surface area contributed by atoms with Gasteiger partial charge in [-0.3, -0.25) is 5.10 Å². The number of hydrogen-bond acceptors (Lipinski definition) is 2. The molecule has 0 atom stereocenters. The monoisotopic (exact) mass is 225 g/mol. The Hall–Kier alpha value is -0.870. The Kier molecular flexibility index (Phi) is 1.86. The third kappa shape index (κ3) is 1.04. The molecule has 1 heterocycles. The summed E-state index contributed by atoms with van der Waals surface area (Å²) in [6.07, 6.45) is 0. The van der Waals surface area contributed by atoms with Crippen LogP contribution in [0.4, 0.5) is 0 Å². The van der Waals surface area contributed by atoms with Gasteiger partial charge in [-0.25, -0.2) is 0 Å². The number of rotatable bonds is 1. The minimum Gasteiger partial charge on any atom is -0.326 e. The van der Waals surface area contributed by atoms with E-state index in [-0.39, 0.29) is 0 Å². The Labute approximate surface area is 78.1 Å². The number of H-pyrrole nitrogens is 1. The molecule has 0 aliphatic carbocycles. The van der Waals surface area contributed by atoms with Crippen molar-refractivity contribution in [3.63, 3.8) is 0 Å². The van der Waals surface area contributed by atoms with Gasteiger partial charge in [0.05, 0.1) is 5.52 Å². The van der Waals surface area contributed by atoms with Crippen LogP contribution < -0.4 is 5.73 Å². The highest BCUT2D eigenvalue weighted by molar-refractivity contribution is 9.10. The molecule has 0 radical (unpaired) electrons. The average Bonchev–Trinajstić information content (AvgIpc) is 2.48. The van der Waals surface area contributed by atoms with Gasteiger partial charge in [0.25, 0.3) is 0 Å². The Morgan fingerprint density at radius 2 is 2.33 bits per heavy atom. The van der Waals surface area contributed by atoms with Crippen LogP contribution in [0.2, 0.25) is 0 Å². The Balaban J connectivity index is 2.84. The maximum atomic E-state index is 5.58. The van der Waals surface area contributed by atoms with E-state index in [1.165, 1.54) is 0 Å². The summed E-state index contributed by atoms with van der Waals surface area (Å²) in [4.78, 5) is 0. The topological polar surface area (TPSA) is 54.7 Å². The molecule has 0 aliphatic heterocycles. The van der Waals surface area contributed by atoms with E-state index in [9.17, 15) is 0 Å². The molecule has 0 saturated heterocycles. The molecule has 62 valence electrons. The molecule has 4 heteroatoms. The van der Waals surface area contributed by atoms with Crippen molar-refractivity contribution >= 4 is 26.8 Å². The van der Waals surface area contributed by atoms with Crippen LogP contribution in [0.3, 0.4) is 0 Å². The van der Waals surface area contributed by atoms with Crippen LogP contribution in [-0.4, -0.2) is 10.2 Å². The summed E-state index contributed by atoms with van der Waals surface area (Å²) >= 11 is 3.38. The van der Waals surface area contributed by atoms with Crippen LogP contribution in [0, 0.1) is 0 Å². The third-order valence-corrected chi connectivity index (χ3v) is 2.42. The van der Waals surface area contributed by atoms with Gasteiger partial charge in [0.2, 0.25) is 0 Å². The first-order chi connectivity index (χ1) is 5.83. The molecule has 2 rings (SSSR count). The highest BCUT2D eigenvalue weighted by atomic mass is 79.9. The van der Waals surface area contributed by atoms with E-state index in [0.717, 1.165) is 21.1 Å². The first-order valence-electron chi connectivity index (χ1n) is 3.64. The van der Waals surface area contributed by atoms with E-state index >= 15 is 0 Å². The van der Waals surface area contributed by atoms with Crippen molar-refractivity contribution in [3.8, 4) is 0 Å². The van der Waals surface area contributed by atoms with Crippen LogP contribution in [0.5, 0.6) is 0 Å². The quantitative estimate of drug-likeness (QED) is 0.778. The second kappa shape index (κ2) is 2.88. The smallest absolute Gasteiger partial charge is 0.109 e. The molecule has 12 heavy (non-hydrogen) atoms. The van der Waals surface area contributed by atoms with Crippen molar-refractivity contribution < 1.29 is 0 Å². The van der Waals surface area contributed by atoms with Crippen LogP contribution in [0.1, 0.15) is 5.56 Å². The lowest BCUT2D eigenvalue weighted by Crippen LogP contribution is -1.96. The van der Waals surface area contributed by atoms with Gasteiger partial charge in [0.15, 0.2) is 0 Å². The summed E-state index contributed by atoms with van der Waals surface area (Å²) in [5, 5.41) is 8.05. The van der Waals surface area contributed by atoms with Gasteiger partial charge in [-0.15, -0.1) is 0 Å². The summed E-state index contributed by atoms with van der Waals surface area (Å²) in [5.41, 5.74) is 7.64. The molecule has 0 amide bonds. The highest BCUT2D eigenvalue weighted by Gasteiger charge is 2.05. The summed E-state index contributed by atoms with van der Waals surface area (Å²) in [6.45, 7) is 0.537. The molecule has 1 aromatic carbocycles. The van der Waals surface area contributed by atoms with E-state index in [2.05, 4.69) is 26.1 Å². The highest BCUT2D eigenvalue weighted by Crippen LogP contribution is 2.24. The molecule has 0 spiro atoms. The molecule has 3 N–H and O–H groups in total. The summed E-state index contributed by atoms with van der Waals surface area (Å²) in [6, 6.07) is 5.91. The Morgan fingerprint density at radius 1 is 1.50 bits per heavy atom. The molecule has 1 aromatic heterocycles. The lowest BCUT2D eigenvalue weighted by atomic mass is 10.1. The molecule has 0 bridgehead atoms. The molecular weight excluding hydrogens is 218 g/mol. The van der Waals surface area contributed by atoms with Crippen molar-refractivity contribution in [2.24, 2.45) is 5.73 Å². The van der Waals surface area contributed by atoms with Gasteiger partial charge < -0.3 is 5.73 Å². The molecule has 0 unspecified atom stereocenters. The predicted octanol–water partition coefficient (Wildman–Crippen LogP) is 1.78. The van der Waals surface area contributed by atoms with Crippen LogP contribution >= 0.6 is 15.9 Å². The molecule has 2 aromatic rings. The molecule has 3 nitrogen and oxygen atoms in total. The lowest BCUT2D eigenvalue weighted by molar-refractivity contribution is 1.08. The van der Waals surface area contributed by atoms with Crippen molar-refractivity contribution in [1.29, 1.82) is 0 Å². The van der Waals surface area contributed by atoms with E-state index in [0.29, 0.717) is 6.54 Å². The molecule has 0 fully saturated rings. The number of halogens is 1. The largest absolute Gasteiger partial charge is 0.326 e. The molecule has 0 aliphatic rings. The average molecular weight is 226 g/mol. The number of nitrogens with two attached hydrogens (primary N) is 1. The van der Waals surface area contributed by atoms with Gasteiger partial charge in [-0.1, -0.05) is 12.1 Å². The van der Waals surface area contributed by atoms with E-state index in [1.54, 1.807) is 0 Å². The van der Waals surface area contributed by atoms with Gasteiger partial charge in [-0.05, 0) is 27.6 Å². The van der Waals surface area contributed by atoms with Crippen LogP contribution in [0.15, 0.2) is 22.8 Å². The number of nitrogens with zero attached hydrogens (tertiary/aromatic N) is 1. The maximum Gasteiger partial charge on any atom is 0.109 e. The fraction of sp³-hybridized carbons (Fsp3) is 0.125. The number of aromatic amines is 1. The van der Waals surface area contributed by atoms with Gasteiger partial charge in [0.1, 0.15) is 4.60 Å². The van der Waals surface area contributed by atoms with E-state index in [1.807, 2.05) is 18.2 Å². The standard InChI is InChI=1S/C8H8BrN3/c9-8-7-5(4-10)2-1-3-6(7)11-12-8/h1-3H,4,10H2,(H,11,12). The Morgan fingerprint density at radius 3 is 3.08 bits per heavy atom. The third-order valence-electron chi connectivity index (χ3n) is 1.84. The fourth-order valence-electron chi connectivity index (χ4n) is 1.27. The zero-order valence-corrected chi connectivity index (χ0v) is 7.93. The number of aromatic nitrogens is 2. The minimum absolute atomic E-state index is 0.537. The van der Waals surface area contributed by atoms with Crippen molar-refractivity contribution in [3.05, 3.63) is 28.4 Å². The maximum absolute atomic E-state index is 5.58. The molecular formula is C8H8BrN3. The van der Waals surface area contributed by atoms with Crippen molar-refractivity contribution in [2.75, 3.05) is 0 Å². The molecule has 0 saturated carbocycles. The second-order valence-electron chi connectivity index (χ2n) is 2.55. The van der Waals surface area contributed by atoms with Gasteiger partial charge in [0, 0.05) is 11.9 Å². The first kappa shape index (κ1) is 7.76. The van der Waals surface area contributed by atoms with Crippen molar-refractivity contribution in [1.82, 2.24) is 10.2 Å². The summed E-state index contributed by atoms with van der Waals surface area (Å²) in [7, 11) is 0. The zero-order valence-electron chi connectivity index (χ0n) is 6.34. The summed E-state index contributed by atoms with van der Waals surface area (Å²) < 4.78 is 0.901. The van der Waals surface area contributed by atoms with Crippen molar-refractivity contribution in [2.45, 2.75) is 6.54 Å². The SMILES string of the molecule is NCc1cccc2n[nH]c(Br)c12. The lowest BCUT2D eigenvalue weighted by Gasteiger charge is -1.97. The van der Waals surface area contributed by atoms with E-state index < -0.39 is 0 Å². The number of fused-ring (bicyclic) bond motifs is 1. The van der Waals surface area contributed by atoms with Gasteiger partial charge in [-0.2, -0.15) is 5.10 Å². The summed E-state index contributed by atoms with van der Waals surface area (Å²) in [5.74, 6) is 0. The van der Waals surface area contributed by atoms with E-state index in [4.69, 9.17) is 5.73 Å².